The predicted molar refractivity (Wildman–Crippen MR) is 138 cm³/mol. The zero-order valence-electron chi connectivity index (χ0n) is 19.2. The number of pyridine rings is 3. The minimum Gasteiger partial charge on any atom is -0.508 e. The number of rotatable bonds is 7. The summed E-state index contributed by atoms with van der Waals surface area (Å²) in [6, 6.07) is 27.0. The van der Waals surface area contributed by atoms with E-state index in [1.165, 1.54) is 0 Å². The molecule has 0 unspecified atom stereocenters. The van der Waals surface area contributed by atoms with Gasteiger partial charge in [-0.2, -0.15) is 0 Å². The highest BCUT2D eigenvalue weighted by molar-refractivity contribution is 5.76. The summed E-state index contributed by atoms with van der Waals surface area (Å²) in [5, 5.41) is 13.2. The number of aromatic hydroxyl groups is 1. The molecule has 3 aromatic heterocycles. The molecule has 6 heteroatoms. The maximum Gasteiger partial charge on any atom is 0.127 e. The van der Waals surface area contributed by atoms with E-state index in [0.29, 0.717) is 12.4 Å². The average molecular weight is 461 g/mol. The summed E-state index contributed by atoms with van der Waals surface area (Å²) in [7, 11) is 1.66. The van der Waals surface area contributed by atoms with Gasteiger partial charge in [0.2, 0.25) is 0 Å². The minimum atomic E-state index is 0.237. The summed E-state index contributed by atoms with van der Waals surface area (Å²) in [6.07, 6.45) is 5.45. The van der Waals surface area contributed by atoms with Crippen molar-refractivity contribution in [2.75, 3.05) is 12.4 Å². The lowest BCUT2D eigenvalue weighted by Gasteiger charge is -2.12. The van der Waals surface area contributed by atoms with E-state index < -0.39 is 0 Å². The normalized spacial score (nSPS) is 10.7. The second kappa shape index (κ2) is 10.1. The first kappa shape index (κ1) is 22.1. The van der Waals surface area contributed by atoms with Crippen LogP contribution in [0, 0.1) is 0 Å². The lowest BCUT2D eigenvalue weighted by Crippen LogP contribution is -2.03. The largest absolute Gasteiger partial charge is 0.508 e. The van der Waals surface area contributed by atoms with Gasteiger partial charge in [-0.25, -0.2) is 4.98 Å². The molecule has 0 radical (unpaired) electrons. The van der Waals surface area contributed by atoms with Crippen LogP contribution in [-0.2, 0) is 6.54 Å². The first-order valence-electron chi connectivity index (χ1n) is 11.2. The van der Waals surface area contributed by atoms with Gasteiger partial charge in [0.1, 0.15) is 17.3 Å². The van der Waals surface area contributed by atoms with E-state index in [9.17, 15) is 5.11 Å². The van der Waals surface area contributed by atoms with Crippen molar-refractivity contribution in [3.8, 4) is 45.1 Å². The molecule has 2 N–H and O–H groups in total. The van der Waals surface area contributed by atoms with Crippen LogP contribution in [0.4, 0.5) is 5.82 Å². The number of phenols is 1. The Morgan fingerprint density at radius 3 is 2.43 bits per heavy atom. The lowest BCUT2D eigenvalue weighted by molar-refractivity contribution is 0.415. The third-order valence-electron chi connectivity index (χ3n) is 5.61. The maximum atomic E-state index is 9.78. The Balaban J connectivity index is 1.53. The predicted octanol–water partition coefficient (Wildman–Crippen LogP) is 6.20. The van der Waals surface area contributed by atoms with Gasteiger partial charge in [0.15, 0.2) is 0 Å². The van der Waals surface area contributed by atoms with E-state index in [0.717, 1.165) is 45.0 Å². The van der Waals surface area contributed by atoms with Crippen LogP contribution in [0.1, 0.15) is 5.56 Å². The summed E-state index contributed by atoms with van der Waals surface area (Å²) >= 11 is 0. The second-order valence-electron chi connectivity index (χ2n) is 8.06. The average Bonchev–Trinajstić information content (AvgIpc) is 2.92. The van der Waals surface area contributed by atoms with Crippen molar-refractivity contribution >= 4 is 5.82 Å². The molecule has 0 amide bonds. The van der Waals surface area contributed by atoms with E-state index in [2.05, 4.69) is 21.4 Å². The van der Waals surface area contributed by atoms with Gasteiger partial charge >= 0.3 is 0 Å². The zero-order valence-corrected chi connectivity index (χ0v) is 19.2. The van der Waals surface area contributed by atoms with Gasteiger partial charge in [0.05, 0.1) is 18.5 Å². The molecule has 172 valence electrons. The highest BCUT2D eigenvalue weighted by Gasteiger charge is 2.10. The van der Waals surface area contributed by atoms with Crippen molar-refractivity contribution in [1.29, 1.82) is 0 Å². The molecule has 0 fully saturated rings. The standard InChI is InChI=1S/C29H24N4O2/c1-35-26-9-5-7-21(14-26)23-13-24(19-30-18-23)22-15-28(27-10-2-3-11-31-27)33-29(16-22)32-17-20-6-4-8-25(34)12-20/h2-16,18-19,34H,17H2,1H3,(H,32,33). The lowest BCUT2D eigenvalue weighted by atomic mass is 10.0. The number of hydrogen-bond acceptors (Lipinski definition) is 6. The topological polar surface area (TPSA) is 80.2 Å². The van der Waals surface area contributed by atoms with Crippen molar-refractivity contribution in [2.24, 2.45) is 0 Å². The SMILES string of the molecule is COc1cccc(-c2cncc(-c3cc(NCc4cccc(O)c4)nc(-c4ccccn4)c3)c2)c1. The molecule has 0 spiro atoms. The molecule has 0 saturated heterocycles. The van der Waals surface area contributed by atoms with Crippen molar-refractivity contribution in [2.45, 2.75) is 6.54 Å². The summed E-state index contributed by atoms with van der Waals surface area (Å²) in [5.41, 5.74) is 6.45. The molecule has 35 heavy (non-hydrogen) atoms. The smallest absolute Gasteiger partial charge is 0.127 e. The Morgan fingerprint density at radius 1 is 0.771 bits per heavy atom. The van der Waals surface area contributed by atoms with Crippen LogP contribution < -0.4 is 10.1 Å². The van der Waals surface area contributed by atoms with E-state index >= 15 is 0 Å². The number of benzene rings is 2. The van der Waals surface area contributed by atoms with Crippen molar-refractivity contribution in [3.05, 3.63) is 109 Å². The van der Waals surface area contributed by atoms with E-state index in [4.69, 9.17) is 9.72 Å². The quantitative estimate of drug-likeness (QED) is 0.301. The Bertz CT molecular complexity index is 1450. The van der Waals surface area contributed by atoms with E-state index in [1.54, 1.807) is 25.4 Å². The molecule has 5 rings (SSSR count). The number of anilines is 1. The number of methoxy groups -OCH3 is 1. The number of ether oxygens (including phenoxy) is 1. The molecule has 0 atom stereocenters. The first-order chi connectivity index (χ1) is 17.2. The number of nitrogens with one attached hydrogen (secondary N) is 1. The fourth-order valence-corrected chi connectivity index (χ4v) is 3.85. The Morgan fingerprint density at radius 2 is 1.63 bits per heavy atom. The van der Waals surface area contributed by atoms with Gasteiger partial charge in [-0.05, 0) is 71.3 Å². The minimum absolute atomic E-state index is 0.237. The molecule has 5 aromatic rings. The fourth-order valence-electron chi connectivity index (χ4n) is 3.85. The van der Waals surface area contributed by atoms with Crippen molar-refractivity contribution in [3.63, 3.8) is 0 Å². The molecular weight excluding hydrogens is 436 g/mol. The van der Waals surface area contributed by atoms with Gasteiger partial charge in [0, 0.05) is 36.3 Å². The monoisotopic (exact) mass is 460 g/mol. The Hall–Kier alpha value is -4.71. The van der Waals surface area contributed by atoms with Crippen LogP contribution in [0.25, 0.3) is 33.6 Å². The maximum absolute atomic E-state index is 9.78. The van der Waals surface area contributed by atoms with Crippen molar-refractivity contribution < 1.29 is 9.84 Å². The third kappa shape index (κ3) is 5.28. The summed E-state index contributed by atoms with van der Waals surface area (Å²) in [4.78, 5) is 13.8. The zero-order chi connectivity index (χ0) is 24.0. The second-order valence-corrected chi connectivity index (χ2v) is 8.06. The van der Waals surface area contributed by atoms with E-state index in [-0.39, 0.29) is 5.75 Å². The Labute approximate surface area is 204 Å². The highest BCUT2D eigenvalue weighted by Crippen LogP contribution is 2.31. The van der Waals surface area contributed by atoms with Crippen LogP contribution in [-0.4, -0.2) is 27.2 Å². The van der Waals surface area contributed by atoms with Gasteiger partial charge in [0.25, 0.3) is 0 Å². The first-order valence-corrected chi connectivity index (χ1v) is 11.2. The number of nitrogens with zero attached hydrogens (tertiary/aromatic N) is 3. The third-order valence-corrected chi connectivity index (χ3v) is 5.61. The molecule has 0 bridgehead atoms. The van der Waals surface area contributed by atoms with Crippen LogP contribution in [0.3, 0.4) is 0 Å². The number of phenolic OH excluding ortho intramolecular Hbond substituents is 1. The van der Waals surface area contributed by atoms with Gasteiger partial charge in [-0.15, -0.1) is 0 Å². The number of aromatic nitrogens is 3. The van der Waals surface area contributed by atoms with Gasteiger partial charge in [-0.1, -0.05) is 30.3 Å². The van der Waals surface area contributed by atoms with Gasteiger partial charge in [-0.3, -0.25) is 9.97 Å². The summed E-state index contributed by atoms with van der Waals surface area (Å²) in [6.45, 7) is 0.522. The Kier molecular flexibility index (Phi) is 6.35. The molecule has 2 aromatic carbocycles. The van der Waals surface area contributed by atoms with Gasteiger partial charge < -0.3 is 15.2 Å². The molecule has 0 aliphatic heterocycles. The summed E-state index contributed by atoms with van der Waals surface area (Å²) < 4.78 is 5.38. The van der Waals surface area contributed by atoms with Crippen molar-refractivity contribution in [1.82, 2.24) is 15.0 Å². The van der Waals surface area contributed by atoms with Crippen LogP contribution in [0.5, 0.6) is 11.5 Å². The molecule has 0 aliphatic rings. The highest BCUT2D eigenvalue weighted by atomic mass is 16.5. The van der Waals surface area contributed by atoms with Crippen LogP contribution >= 0.6 is 0 Å². The van der Waals surface area contributed by atoms with Crippen LogP contribution in [0.2, 0.25) is 0 Å². The molecule has 0 aliphatic carbocycles. The summed E-state index contributed by atoms with van der Waals surface area (Å²) in [5.74, 6) is 1.74. The fraction of sp³-hybridized carbons (Fsp3) is 0.0690. The molecule has 0 saturated carbocycles. The van der Waals surface area contributed by atoms with Crippen LogP contribution in [0.15, 0.2) is 104 Å². The van der Waals surface area contributed by atoms with E-state index in [1.807, 2.05) is 79.1 Å². The molecule has 3 heterocycles. The molecule has 6 nitrogen and oxygen atoms in total. The molecular formula is C29H24N4O2. The number of hydrogen-bond donors (Lipinski definition) is 2.